The van der Waals surface area contributed by atoms with Crippen LogP contribution in [-0.2, 0) is 9.53 Å². The number of rotatable bonds is 7. The number of amides is 1. The lowest BCUT2D eigenvalue weighted by Crippen LogP contribution is -2.40. The van der Waals surface area contributed by atoms with E-state index in [1.54, 1.807) is 24.7 Å². The van der Waals surface area contributed by atoms with Gasteiger partial charge in [0.1, 0.15) is 5.84 Å². The molecule has 0 bridgehead atoms. The first-order chi connectivity index (χ1) is 20.2. The maximum Gasteiger partial charge on any atom is 0.317 e. The van der Waals surface area contributed by atoms with Crippen LogP contribution >= 0.6 is 0 Å². The Morgan fingerprint density at radius 3 is 2.63 bits per heavy atom. The summed E-state index contributed by atoms with van der Waals surface area (Å²) < 4.78 is 11.4. The molecule has 12 nitrogen and oxygen atoms in total. The molecule has 0 aliphatic carbocycles. The number of nitrogens with zero attached hydrogens (tertiary/aromatic N) is 5. The zero-order valence-corrected chi connectivity index (χ0v) is 21.9. The number of carbonyl (C=O) groups is 1. The van der Waals surface area contributed by atoms with E-state index in [1.807, 2.05) is 65.6 Å². The number of fused-ring (bicyclic) bond motifs is 1. The van der Waals surface area contributed by atoms with E-state index < -0.39 is 6.17 Å². The number of hydrogen-bond acceptors (Lipinski definition) is 10. The Kier molecular flexibility index (Phi) is 7.45. The molecular formula is C29H27N9O3. The monoisotopic (exact) mass is 549 g/mol. The van der Waals surface area contributed by atoms with Crippen molar-refractivity contribution in [3.8, 4) is 0 Å². The minimum Gasteiger partial charge on any atom is -0.403 e. The van der Waals surface area contributed by atoms with Crippen LogP contribution in [0.25, 0.3) is 5.57 Å². The van der Waals surface area contributed by atoms with E-state index in [9.17, 15) is 4.79 Å². The van der Waals surface area contributed by atoms with Gasteiger partial charge in [-0.25, -0.2) is 4.99 Å². The van der Waals surface area contributed by atoms with Gasteiger partial charge in [0.2, 0.25) is 6.17 Å². The smallest absolute Gasteiger partial charge is 0.317 e. The maximum atomic E-state index is 13.2. The number of aromatic nitrogens is 3. The van der Waals surface area contributed by atoms with Crippen molar-refractivity contribution in [3.63, 3.8) is 0 Å². The number of carbonyl (C=O) groups excluding carboxylic acids is 1. The van der Waals surface area contributed by atoms with Gasteiger partial charge in [0.05, 0.1) is 42.1 Å². The number of pyridine rings is 1. The average Bonchev–Trinajstić information content (AvgIpc) is 3.43. The normalized spacial score (nSPS) is 17.1. The molecule has 0 unspecified atom stereocenters. The molecule has 1 fully saturated rings. The highest BCUT2D eigenvalue weighted by molar-refractivity contribution is 6.20. The second kappa shape index (κ2) is 11.8. The molecule has 4 aromatic rings. The summed E-state index contributed by atoms with van der Waals surface area (Å²) in [6.07, 6.45) is 3.92. The highest BCUT2D eigenvalue weighted by Crippen LogP contribution is 2.26. The molecule has 0 saturated carbocycles. The van der Waals surface area contributed by atoms with Gasteiger partial charge in [-0.15, -0.1) is 5.10 Å². The number of aliphatic imine (C=N–C) groups is 1. The quantitative estimate of drug-likeness (QED) is 0.200. The third-order valence-corrected chi connectivity index (χ3v) is 6.54. The van der Waals surface area contributed by atoms with Crippen molar-refractivity contribution < 1.29 is 13.9 Å². The van der Waals surface area contributed by atoms with Crippen molar-refractivity contribution in [1.82, 2.24) is 20.1 Å². The first-order valence-corrected chi connectivity index (χ1v) is 13.1. The van der Waals surface area contributed by atoms with Crippen LogP contribution in [0.1, 0.15) is 17.0 Å². The first kappa shape index (κ1) is 25.9. The molecule has 206 valence electrons. The summed E-state index contributed by atoms with van der Waals surface area (Å²) in [6.45, 7) is 2.15. The summed E-state index contributed by atoms with van der Waals surface area (Å²) in [5.74, 6) is -0.0740. The summed E-state index contributed by atoms with van der Waals surface area (Å²) in [5, 5.41) is 26.2. The Morgan fingerprint density at radius 2 is 1.83 bits per heavy atom. The fourth-order valence-corrected chi connectivity index (χ4v) is 4.48. The van der Waals surface area contributed by atoms with Gasteiger partial charge in [0.15, 0.2) is 0 Å². The minimum absolute atomic E-state index is 0.00989. The van der Waals surface area contributed by atoms with E-state index in [2.05, 4.69) is 31.1 Å². The topological polar surface area (TPSA) is 154 Å². The molecule has 6 rings (SSSR count). The van der Waals surface area contributed by atoms with Gasteiger partial charge >= 0.3 is 6.01 Å². The number of anilines is 3. The van der Waals surface area contributed by atoms with Crippen LogP contribution in [0, 0.1) is 5.41 Å². The lowest BCUT2D eigenvalue weighted by atomic mass is 10.0. The fourth-order valence-electron chi connectivity index (χ4n) is 4.48. The molecule has 0 spiro atoms. The van der Waals surface area contributed by atoms with Crippen LogP contribution in [0.2, 0.25) is 0 Å². The van der Waals surface area contributed by atoms with Crippen LogP contribution in [-0.4, -0.2) is 70.0 Å². The van der Waals surface area contributed by atoms with Gasteiger partial charge in [-0.1, -0.05) is 53.6 Å². The summed E-state index contributed by atoms with van der Waals surface area (Å²) in [7, 11) is 0. The van der Waals surface area contributed by atoms with E-state index in [4.69, 9.17) is 19.6 Å². The van der Waals surface area contributed by atoms with Crippen LogP contribution < -0.4 is 16.0 Å². The van der Waals surface area contributed by atoms with Gasteiger partial charge in [-0.2, -0.15) is 0 Å². The van der Waals surface area contributed by atoms with Gasteiger partial charge in [0, 0.05) is 36.6 Å². The largest absolute Gasteiger partial charge is 0.403 e. The van der Waals surface area contributed by atoms with Gasteiger partial charge in [-0.3, -0.25) is 15.2 Å². The highest BCUT2D eigenvalue weighted by atomic mass is 16.5. The molecule has 0 radical (unpaired) electrons. The van der Waals surface area contributed by atoms with E-state index >= 15 is 0 Å². The third-order valence-electron chi connectivity index (χ3n) is 6.54. The molecule has 2 aromatic heterocycles. The minimum atomic E-state index is -1.05. The van der Waals surface area contributed by atoms with Crippen molar-refractivity contribution >= 4 is 40.4 Å². The Balaban J connectivity index is 1.30. The molecule has 41 heavy (non-hydrogen) atoms. The van der Waals surface area contributed by atoms with E-state index in [1.165, 1.54) is 0 Å². The number of ether oxygens (including phenoxy) is 1. The number of nitrogens with one attached hydrogen (secondary N) is 4. The van der Waals surface area contributed by atoms with Crippen LogP contribution in [0.3, 0.4) is 0 Å². The molecule has 1 saturated heterocycles. The van der Waals surface area contributed by atoms with Crippen molar-refractivity contribution in [2.75, 3.05) is 42.3 Å². The van der Waals surface area contributed by atoms with Crippen LogP contribution in [0.5, 0.6) is 0 Å². The lowest BCUT2D eigenvalue weighted by Gasteiger charge is -2.29. The van der Waals surface area contributed by atoms with Gasteiger partial charge < -0.3 is 30.0 Å². The van der Waals surface area contributed by atoms with Gasteiger partial charge in [-0.05, 0) is 18.2 Å². The van der Waals surface area contributed by atoms with Crippen LogP contribution in [0.15, 0.2) is 94.7 Å². The molecule has 4 heterocycles. The Morgan fingerprint density at radius 1 is 1.02 bits per heavy atom. The summed E-state index contributed by atoms with van der Waals surface area (Å²) in [5.41, 5.74) is 4.07. The third kappa shape index (κ3) is 5.82. The second-order valence-corrected chi connectivity index (χ2v) is 9.23. The molecule has 1 atom stereocenters. The maximum absolute atomic E-state index is 13.2. The average molecular weight is 550 g/mol. The number of hydrogen-bond donors (Lipinski definition) is 4. The number of benzene rings is 2. The summed E-state index contributed by atoms with van der Waals surface area (Å²) in [6, 6.07) is 20.8. The van der Waals surface area contributed by atoms with Crippen molar-refractivity contribution in [3.05, 3.63) is 102 Å². The van der Waals surface area contributed by atoms with E-state index in [0.29, 0.717) is 43.3 Å². The fraction of sp³-hybridized carbons (Fsp3) is 0.172. The summed E-state index contributed by atoms with van der Waals surface area (Å²) in [4.78, 5) is 24.0. The second-order valence-electron chi connectivity index (χ2n) is 9.23. The number of amidine groups is 1. The lowest BCUT2D eigenvalue weighted by molar-refractivity contribution is -0.116. The Bertz CT molecular complexity index is 1600. The SMILES string of the molecule is N=C(/C(=C\Nc1cccnc1)c1nnc(N[C@H]2N=C(c3ccccc3)c3ccccc3NC2=O)o1)N1CCOCC1. The molecule has 4 N–H and O–H groups in total. The van der Waals surface area contributed by atoms with Crippen molar-refractivity contribution in [2.24, 2.45) is 4.99 Å². The van der Waals surface area contributed by atoms with Crippen molar-refractivity contribution in [1.29, 1.82) is 5.41 Å². The zero-order chi connectivity index (χ0) is 28.0. The number of morpholine rings is 1. The van der Waals surface area contributed by atoms with E-state index in [0.717, 1.165) is 16.8 Å². The number of para-hydroxylation sites is 1. The Hall–Kier alpha value is -5.36. The molecule has 2 aliphatic heterocycles. The molecular weight excluding hydrogens is 522 g/mol. The van der Waals surface area contributed by atoms with E-state index in [-0.39, 0.29) is 23.6 Å². The Labute approximate surface area is 235 Å². The summed E-state index contributed by atoms with van der Waals surface area (Å²) >= 11 is 0. The molecule has 2 aromatic carbocycles. The van der Waals surface area contributed by atoms with Crippen LogP contribution in [0.4, 0.5) is 17.4 Å². The molecule has 12 heteroatoms. The highest BCUT2D eigenvalue weighted by Gasteiger charge is 2.28. The van der Waals surface area contributed by atoms with Gasteiger partial charge in [0.25, 0.3) is 11.8 Å². The predicted molar refractivity (Wildman–Crippen MR) is 155 cm³/mol. The zero-order valence-electron chi connectivity index (χ0n) is 21.9. The first-order valence-electron chi connectivity index (χ1n) is 13.1. The number of benzodiazepines with no additional fused rings is 1. The molecule has 2 aliphatic rings. The molecule has 1 amide bonds. The van der Waals surface area contributed by atoms with Crippen molar-refractivity contribution in [2.45, 2.75) is 6.17 Å². The predicted octanol–water partition coefficient (Wildman–Crippen LogP) is 3.45. The standard InChI is InChI=1S/C29H27N9O3/c30-25(38-13-15-40-16-14-38)22(18-32-20-9-6-12-31-17-20)28-36-37-29(41-28)35-26-27(39)33-23-11-5-4-10-21(23)24(34-26)19-7-2-1-3-8-19/h1-12,17-18,26,30,32H,13-16H2,(H,33,39)(H,35,37)/b22-18+,30-25?/t26-/m1/s1.